The van der Waals surface area contributed by atoms with Crippen molar-refractivity contribution in [3.8, 4) is 10.8 Å². The van der Waals surface area contributed by atoms with Gasteiger partial charge in [0.2, 0.25) is 0 Å². The summed E-state index contributed by atoms with van der Waals surface area (Å²) in [7, 11) is 0. The molecule has 0 atom stereocenters. The fraction of sp³-hybridized carbons (Fsp3) is 0.467. The summed E-state index contributed by atoms with van der Waals surface area (Å²) in [5, 5.41) is 0. The number of hydrogen-bond donors (Lipinski definition) is 0. The predicted molar refractivity (Wildman–Crippen MR) is 81.9 cm³/mol. The molecule has 2 rings (SSSR count). The van der Waals surface area contributed by atoms with Crippen LogP contribution in [0.5, 0.6) is 0 Å². The summed E-state index contributed by atoms with van der Waals surface area (Å²) in [5.41, 5.74) is 1.18. The van der Waals surface area contributed by atoms with Gasteiger partial charge < -0.3 is 4.74 Å². The minimum absolute atomic E-state index is 0.352. The van der Waals surface area contributed by atoms with Crippen molar-refractivity contribution >= 4 is 27.8 Å². The summed E-state index contributed by atoms with van der Waals surface area (Å²) in [6.07, 6.45) is 1.48. The maximum Gasteiger partial charge on any atom is 0.416 e. The number of carbonyl (C=O) groups excluding carboxylic acids is 1. The molecule has 20 heavy (non-hydrogen) atoms. The average Bonchev–Trinajstić information content (AvgIpc) is 2.36. The molecule has 0 saturated carbocycles. The topological polar surface area (TPSA) is 42.4 Å². The molecule has 0 saturated heterocycles. The second-order valence-corrected chi connectivity index (χ2v) is 6.03. The van der Waals surface area contributed by atoms with Gasteiger partial charge in [-0.2, -0.15) is 0 Å². The third-order valence-electron chi connectivity index (χ3n) is 2.83. The van der Waals surface area contributed by atoms with Crippen LogP contribution in [0.3, 0.4) is 0 Å². The smallest absolute Gasteiger partial charge is 0.416 e. The molecular formula is C15H17BrN2O2. The van der Waals surface area contributed by atoms with Crippen LogP contribution in [0.25, 0.3) is 0 Å². The lowest BCUT2D eigenvalue weighted by Crippen LogP contribution is -2.40. The Morgan fingerprint density at radius 3 is 2.85 bits per heavy atom. The van der Waals surface area contributed by atoms with Crippen molar-refractivity contribution in [3.63, 3.8) is 0 Å². The van der Waals surface area contributed by atoms with Gasteiger partial charge in [-0.25, -0.2) is 9.78 Å². The zero-order valence-corrected chi connectivity index (χ0v) is 13.5. The van der Waals surface area contributed by atoms with Gasteiger partial charge in [0, 0.05) is 22.5 Å². The van der Waals surface area contributed by atoms with Crippen molar-refractivity contribution in [1.29, 1.82) is 0 Å². The van der Waals surface area contributed by atoms with E-state index >= 15 is 0 Å². The van der Waals surface area contributed by atoms with Crippen LogP contribution in [0.4, 0.5) is 10.6 Å². The van der Waals surface area contributed by atoms with Gasteiger partial charge in [0.1, 0.15) is 17.1 Å². The number of hydrogen-bond acceptors (Lipinski definition) is 3. The summed E-state index contributed by atoms with van der Waals surface area (Å²) in [4.78, 5) is 21.0. The van der Waals surface area contributed by atoms with Gasteiger partial charge in [0.25, 0.3) is 0 Å². The van der Waals surface area contributed by atoms with Crippen LogP contribution in [0, 0.1) is 10.8 Å². The highest BCUT2D eigenvalue weighted by molar-refractivity contribution is 9.12. The Hall–Kier alpha value is -1.54. The van der Waals surface area contributed by atoms with E-state index < -0.39 is 5.60 Å². The van der Waals surface area contributed by atoms with E-state index in [-0.39, 0.29) is 6.09 Å². The van der Waals surface area contributed by atoms with E-state index in [4.69, 9.17) is 4.74 Å². The Morgan fingerprint density at radius 2 is 2.20 bits per heavy atom. The maximum absolute atomic E-state index is 12.3. The van der Waals surface area contributed by atoms with E-state index in [2.05, 4.69) is 31.7 Å². The van der Waals surface area contributed by atoms with E-state index in [9.17, 15) is 4.79 Å². The number of anilines is 1. The standard InChI is InChI=1S/C15H17BrN2O2/c1-15(2,3)20-14(19)18-10-4-5-11-6-7-12(8-9-16)17-13(11)18/h6-7H,4-5,10H2,1-3H3. The molecule has 1 aliphatic rings. The molecule has 4 nitrogen and oxygen atoms in total. The molecule has 2 heterocycles. The van der Waals surface area contributed by atoms with Crippen LogP contribution in [0.15, 0.2) is 12.1 Å². The maximum atomic E-state index is 12.3. The number of aryl methyl sites for hydroxylation is 1. The molecule has 1 aliphatic heterocycles. The average molecular weight is 337 g/mol. The number of carbonyl (C=O) groups is 1. The van der Waals surface area contributed by atoms with E-state index in [0.29, 0.717) is 18.1 Å². The van der Waals surface area contributed by atoms with Gasteiger partial charge in [-0.15, -0.1) is 0 Å². The first-order valence-electron chi connectivity index (χ1n) is 6.53. The van der Waals surface area contributed by atoms with E-state index in [0.717, 1.165) is 18.4 Å². The van der Waals surface area contributed by atoms with Crippen LogP contribution < -0.4 is 4.90 Å². The van der Waals surface area contributed by atoms with E-state index in [1.165, 1.54) is 0 Å². The third kappa shape index (κ3) is 3.51. The lowest BCUT2D eigenvalue weighted by Gasteiger charge is -2.30. The Morgan fingerprint density at radius 1 is 1.45 bits per heavy atom. The highest BCUT2D eigenvalue weighted by Crippen LogP contribution is 2.26. The van der Waals surface area contributed by atoms with Crippen LogP contribution >= 0.6 is 15.9 Å². The number of amides is 1. The largest absolute Gasteiger partial charge is 0.443 e. The summed E-state index contributed by atoms with van der Waals surface area (Å²) in [5.74, 6) is 3.51. The number of fused-ring (bicyclic) bond motifs is 1. The van der Waals surface area contributed by atoms with E-state index in [1.807, 2.05) is 32.9 Å². The first-order valence-corrected chi connectivity index (χ1v) is 7.32. The molecule has 1 amide bonds. The minimum atomic E-state index is -0.512. The number of rotatable bonds is 0. The number of nitrogens with zero attached hydrogens (tertiary/aromatic N) is 2. The minimum Gasteiger partial charge on any atom is -0.443 e. The molecule has 0 aliphatic carbocycles. The van der Waals surface area contributed by atoms with Crippen molar-refractivity contribution in [1.82, 2.24) is 4.98 Å². The Kier molecular flexibility index (Phi) is 4.34. The van der Waals surface area contributed by atoms with Crippen molar-refractivity contribution < 1.29 is 9.53 Å². The zero-order chi connectivity index (χ0) is 14.8. The monoisotopic (exact) mass is 336 g/mol. The Labute approximate surface area is 127 Å². The van der Waals surface area contributed by atoms with Crippen LogP contribution in [0.2, 0.25) is 0 Å². The van der Waals surface area contributed by atoms with Gasteiger partial charge in [0.15, 0.2) is 0 Å². The Balaban J connectivity index is 2.32. The summed E-state index contributed by atoms with van der Waals surface area (Å²) < 4.78 is 5.44. The molecule has 0 N–H and O–H groups in total. The SMILES string of the molecule is CC(C)(C)OC(=O)N1CCCc2ccc(C#CBr)nc21. The van der Waals surface area contributed by atoms with Crippen molar-refractivity contribution in [2.75, 3.05) is 11.4 Å². The first-order chi connectivity index (χ1) is 9.40. The summed E-state index contributed by atoms with van der Waals surface area (Å²) >= 11 is 3.06. The molecule has 5 heteroatoms. The number of pyridine rings is 1. The molecular weight excluding hydrogens is 320 g/mol. The highest BCUT2D eigenvalue weighted by Gasteiger charge is 2.28. The summed E-state index contributed by atoms with van der Waals surface area (Å²) in [6.45, 7) is 6.20. The molecule has 1 aromatic heterocycles. The molecule has 0 aromatic carbocycles. The second-order valence-electron chi connectivity index (χ2n) is 5.63. The van der Waals surface area contributed by atoms with Gasteiger partial charge in [-0.05, 0) is 56.0 Å². The van der Waals surface area contributed by atoms with Crippen molar-refractivity contribution in [3.05, 3.63) is 23.4 Å². The molecule has 0 bridgehead atoms. The van der Waals surface area contributed by atoms with Crippen LogP contribution in [-0.2, 0) is 11.2 Å². The quantitative estimate of drug-likeness (QED) is 0.681. The first kappa shape index (κ1) is 14.9. The lowest BCUT2D eigenvalue weighted by molar-refractivity contribution is 0.0576. The highest BCUT2D eigenvalue weighted by atomic mass is 79.9. The molecule has 106 valence electrons. The summed E-state index contributed by atoms with van der Waals surface area (Å²) in [6, 6.07) is 3.84. The third-order valence-corrected chi connectivity index (χ3v) is 3.03. The van der Waals surface area contributed by atoms with Gasteiger partial charge in [-0.3, -0.25) is 4.90 Å². The van der Waals surface area contributed by atoms with Gasteiger partial charge in [0.05, 0.1) is 0 Å². The molecule has 0 fully saturated rings. The van der Waals surface area contributed by atoms with Crippen molar-refractivity contribution in [2.24, 2.45) is 0 Å². The molecule has 0 radical (unpaired) electrons. The second kappa shape index (κ2) is 5.84. The van der Waals surface area contributed by atoms with Gasteiger partial charge in [-0.1, -0.05) is 6.07 Å². The fourth-order valence-electron chi connectivity index (χ4n) is 2.05. The number of halogens is 1. The zero-order valence-electron chi connectivity index (χ0n) is 11.9. The Bertz CT molecular complexity index is 582. The number of ether oxygens (including phenoxy) is 1. The molecule has 1 aromatic rings. The lowest BCUT2D eigenvalue weighted by atomic mass is 10.1. The normalized spacial score (nSPS) is 14.1. The fourth-order valence-corrected chi connectivity index (χ4v) is 2.26. The molecule has 0 unspecified atom stereocenters. The van der Waals surface area contributed by atoms with Gasteiger partial charge >= 0.3 is 6.09 Å². The van der Waals surface area contributed by atoms with Crippen LogP contribution in [0.1, 0.15) is 38.4 Å². The molecule has 0 spiro atoms. The van der Waals surface area contributed by atoms with Crippen molar-refractivity contribution in [2.45, 2.75) is 39.2 Å². The van der Waals surface area contributed by atoms with Crippen LogP contribution in [-0.4, -0.2) is 23.2 Å². The number of aromatic nitrogens is 1. The van der Waals surface area contributed by atoms with E-state index in [1.54, 1.807) is 4.90 Å². The predicted octanol–water partition coefficient (Wildman–Crippen LogP) is 3.47.